The van der Waals surface area contributed by atoms with Crippen molar-refractivity contribution in [3.05, 3.63) is 247 Å². The zero-order chi connectivity index (χ0) is 41.2. The summed E-state index contributed by atoms with van der Waals surface area (Å²) in [7, 11) is 0. The van der Waals surface area contributed by atoms with Crippen LogP contribution in [0.5, 0.6) is 0 Å². The van der Waals surface area contributed by atoms with E-state index in [1.807, 2.05) is 6.07 Å². The molecular weight excluding hydrogens is 763 g/mol. The molecule has 11 aromatic carbocycles. The minimum absolute atomic E-state index is 0.413. The zero-order valence-electron chi connectivity index (χ0n) is 34.2. The summed E-state index contributed by atoms with van der Waals surface area (Å²) < 4.78 is 6.39. The third-order valence-electron chi connectivity index (χ3n) is 14.1. The van der Waals surface area contributed by atoms with E-state index in [-0.39, 0.29) is 0 Å². The zero-order valence-corrected chi connectivity index (χ0v) is 34.2. The lowest BCUT2D eigenvalue weighted by Crippen LogP contribution is -2.26. The molecule has 0 atom stereocenters. The SMILES string of the molecule is c1ccc(N(c2ccc(-c3ccc4c5ccccc5c5c(ccc6oc7ccccc7c65)c4c3)cc2)c2ccc3c(c2)C2(c4ccccc4-c4ccccc42)c2ccccc2-3)cc1. The van der Waals surface area contributed by atoms with Gasteiger partial charge >= 0.3 is 0 Å². The molecule has 2 nitrogen and oxygen atoms in total. The molecule has 0 saturated carbocycles. The lowest BCUT2D eigenvalue weighted by atomic mass is 9.70. The van der Waals surface area contributed by atoms with Crippen LogP contribution in [0.4, 0.5) is 17.1 Å². The minimum Gasteiger partial charge on any atom is -0.456 e. The number of hydrogen-bond donors (Lipinski definition) is 0. The lowest BCUT2D eigenvalue weighted by molar-refractivity contribution is 0.669. The maximum absolute atomic E-state index is 6.39. The van der Waals surface area contributed by atoms with E-state index in [0.29, 0.717) is 0 Å². The molecule has 0 saturated heterocycles. The predicted octanol–water partition coefficient (Wildman–Crippen LogP) is 16.5. The first-order valence-electron chi connectivity index (χ1n) is 21.8. The van der Waals surface area contributed by atoms with E-state index in [1.165, 1.54) is 93.3 Å². The van der Waals surface area contributed by atoms with Gasteiger partial charge in [-0.1, -0.05) is 164 Å². The minimum atomic E-state index is -0.413. The molecule has 0 bridgehead atoms. The van der Waals surface area contributed by atoms with Gasteiger partial charge in [0.15, 0.2) is 0 Å². The standard InChI is InChI=1S/C61H37NO/c1-2-14-40(15-3-1)62(42-31-33-48-47-19-8-12-24-55(47)61(56(48)37-42)53-22-10-6-17-45(53)46-18-7-11-23-54(46)61)41-29-26-38(27-30-41)39-28-32-44-43-16-4-5-20-49(43)59-50(52(44)36-39)34-35-58-60(59)51-21-9-13-25-57(51)63-58/h1-37H. The Kier molecular flexibility index (Phi) is 7.07. The summed E-state index contributed by atoms with van der Waals surface area (Å²) in [6, 6.07) is 82.7. The van der Waals surface area contributed by atoms with Crippen molar-refractivity contribution in [2.75, 3.05) is 4.90 Å². The van der Waals surface area contributed by atoms with E-state index in [0.717, 1.165) is 33.6 Å². The van der Waals surface area contributed by atoms with Crippen LogP contribution in [0.25, 0.3) is 87.6 Å². The number of furan rings is 1. The van der Waals surface area contributed by atoms with Gasteiger partial charge in [0.1, 0.15) is 11.2 Å². The molecule has 0 radical (unpaired) electrons. The van der Waals surface area contributed by atoms with E-state index in [2.05, 4.69) is 223 Å². The summed E-state index contributed by atoms with van der Waals surface area (Å²) >= 11 is 0. The monoisotopic (exact) mass is 799 g/mol. The molecule has 292 valence electrons. The van der Waals surface area contributed by atoms with Crippen LogP contribution < -0.4 is 4.90 Å². The van der Waals surface area contributed by atoms with Gasteiger partial charge in [0.05, 0.1) is 5.41 Å². The van der Waals surface area contributed by atoms with Crippen LogP contribution in [0, 0.1) is 0 Å². The molecule has 0 fully saturated rings. The molecule has 1 heterocycles. The van der Waals surface area contributed by atoms with E-state index < -0.39 is 5.41 Å². The molecule has 0 aliphatic heterocycles. The van der Waals surface area contributed by atoms with Crippen molar-refractivity contribution < 1.29 is 4.42 Å². The first-order chi connectivity index (χ1) is 31.3. The third kappa shape index (κ3) is 4.67. The van der Waals surface area contributed by atoms with Crippen molar-refractivity contribution >= 4 is 71.3 Å². The van der Waals surface area contributed by atoms with Crippen molar-refractivity contribution in [2.24, 2.45) is 0 Å². The Morgan fingerprint density at radius 3 is 1.51 bits per heavy atom. The Hall–Kier alpha value is -8.20. The van der Waals surface area contributed by atoms with Crippen molar-refractivity contribution in [3.8, 4) is 33.4 Å². The van der Waals surface area contributed by atoms with Crippen molar-refractivity contribution in [3.63, 3.8) is 0 Å². The van der Waals surface area contributed by atoms with Crippen LogP contribution in [0.1, 0.15) is 22.3 Å². The van der Waals surface area contributed by atoms with Crippen LogP contribution in [0.2, 0.25) is 0 Å². The van der Waals surface area contributed by atoms with Gasteiger partial charge in [-0.15, -0.1) is 0 Å². The topological polar surface area (TPSA) is 16.4 Å². The third-order valence-corrected chi connectivity index (χ3v) is 14.1. The number of nitrogens with zero attached hydrogens (tertiary/aromatic N) is 1. The number of para-hydroxylation sites is 2. The van der Waals surface area contributed by atoms with Gasteiger partial charge in [-0.3, -0.25) is 0 Å². The molecule has 0 unspecified atom stereocenters. The second-order valence-corrected chi connectivity index (χ2v) is 17.1. The Labute approximate surface area is 364 Å². The quantitative estimate of drug-likeness (QED) is 0.165. The Balaban J connectivity index is 0.931. The smallest absolute Gasteiger partial charge is 0.136 e. The molecule has 2 aliphatic carbocycles. The first kappa shape index (κ1) is 34.5. The van der Waals surface area contributed by atoms with Gasteiger partial charge < -0.3 is 9.32 Å². The molecule has 12 aromatic rings. The molecule has 0 amide bonds. The Bertz CT molecular complexity index is 3790. The fourth-order valence-corrected chi connectivity index (χ4v) is 11.5. The summed E-state index contributed by atoms with van der Waals surface area (Å²) in [6.07, 6.45) is 0. The van der Waals surface area contributed by atoms with Gasteiger partial charge in [-0.2, -0.15) is 0 Å². The predicted molar refractivity (Wildman–Crippen MR) is 263 cm³/mol. The molecule has 1 spiro atoms. The fourth-order valence-electron chi connectivity index (χ4n) is 11.5. The van der Waals surface area contributed by atoms with Gasteiger partial charge in [0.2, 0.25) is 0 Å². The van der Waals surface area contributed by atoms with Crippen LogP contribution >= 0.6 is 0 Å². The molecule has 63 heavy (non-hydrogen) atoms. The van der Waals surface area contributed by atoms with Crippen LogP contribution in [0.3, 0.4) is 0 Å². The van der Waals surface area contributed by atoms with Crippen LogP contribution in [-0.4, -0.2) is 0 Å². The van der Waals surface area contributed by atoms with E-state index >= 15 is 0 Å². The number of fused-ring (bicyclic) bond motifs is 20. The number of benzene rings is 11. The summed E-state index contributed by atoms with van der Waals surface area (Å²) in [5.41, 5.74) is 17.7. The lowest BCUT2D eigenvalue weighted by Gasteiger charge is -2.32. The van der Waals surface area contributed by atoms with Gasteiger partial charge in [0.25, 0.3) is 0 Å². The molecule has 1 aromatic heterocycles. The average molecular weight is 800 g/mol. The molecule has 2 heteroatoms. The summed E-state index contributed by atoms with van der Waals surface area (Å²) in [5, 5.41) is 9.81. The average Bonchev–Trinajstić information content (AvgIpc) is 3.99. The number of rotatable bonds is 4. The van der Waals surface area contributed by atoms with E-state index in [9.17, 15) is 0 Å². The number of anilines is 3. The van der Waals surface area contributed by atoms with Gasteiger partial charge in [0, 0.05) is 33.2 Å². The summed E-state index contributed by atoms with van der Waals surface area (Å²) in [6.45, 7) is 0. The molecule has 2 aliphatic rings. The highest BCUT2D eigenvalue weighted by molar-refractivity contribution is 6.34. The van der Waals surface area contributed by atoms with Gasteiger partial charge in [-0.05, 0) is 143 Å². The number of hydrogen-bond acceptors (Lipinski definition) is 2. The summed E-state index contributed by atoms with van der Waals surface area (Å²) in [4.78, 5) is 2.41. The molecule has 0 N–H and O–H groups in total. The van der Waals surface area contributed by atoms with Crippen LogP contribution in [0.15, 0.2) is 229 Å². The maximum Gasteiger partial charge on any atom is 0.136 e. The second kappa shape index (κ2) is 12.9. The first-order valence-corrected chi connectivity index (χ1v) is 21.8. The van der Waals surface area contributed by atoms with Crippen LogP contribution in [-0.2, 0) is 5.41 Å². The van der Waals surface area contributed by atoms with E-state index in [1.54, 1.807) is 0 Å². The summed E-state index contributed by atoms with van der Waals surface area (Å²) in [5.74, 6) is 0. The Morgan fingerprint density at radius 2 is 0.794 bits per heavy atom. The Morgan fingerprint density at radius 1 is 0.286 bits per heavy atom. The van der Waals surface area contributed by atoms with Crippen molar-refractivity contribution in [2.45, 2.75) is 5.41 Å². The van der Waals surface area contributed by atoms with Crippen molar-refractivity contribution in [1.29, 1.82) is 0 Å². The van der Waals surface area contributed by atoms with E-state index in [4.69, 9.17) is 4.42 Å². The maximum atomic E-state index is 6.39. The molecule has 14 rings (SSSR count). The highest BCUT2D eigenvalue weighted by Crippen LogP contribution is 2.63. The van der Waals surface area contributed by atoms with Crippen molar-refractivity contribution in [1.82, 2.24) is 0 Å². The molecular formula is C61H37NO. The largest absolute Gasteiger partial charge is 0.456 e. The highest BCUT2D eigenvalue weighted by Gasteiger charge is 2.51. The van der Waals surface area contributed by atoms with Gasteiger partial charge in [-0.25, -0.2) is 0 Å². The normalized spacial score (nSPS) is 13.2. The highest BCUT2D eigenvalue weighted by atomic mass is 16.3. The second-order valence-electron chi connectivity index (χ2n) is 17.1. The fraction of sp³-hybridized carbons (Fsp3) is 0.0164.